The zero-order valence-corrected chi connectivity index (χ0v) is 15.7. The van der Waals surface area contributed by atoms with Crippen LogP contribution in [-0.4, -0.2) is 29.1 Å². The van der Waals surface area contributed by atoms with E-state index in [9.17, 15) is 9.59 Å². The largest absolute Gasteiger partial charge is 0.492 e. The van der Waals surface area contributed by atoms with Crippen LogP contribution in [0, 0.1) is 0 Å². The summed E-state index contributed by atoms with van der Waals surface area (Å²) >= 11 is 6.27. The average molecular weight is 386 g/mol. The van der Waals surface area contributed by atoms with Gasteiger partial charge in [-0.25, -0.2) is 9.69 Å². The van der Waals surface area contributed by atoms with Crippen LogP contribution in [0.15, 0.2) is 42.7 Å². The van der Waals surface area contributed by atoms with E-state index >= 15 is 0 Å². The highest BCUT2D eigenvalue weighted by molar-refractivity contribution is 6.31. The number of hydrogen-bond acceptors (Lipinski definition) is 4. The summed E-state index contributed by atoms with van der Waals surface area (Å²) in [6, 6.07) is 8.87. The minimum atomic E-state index is -0.860. The van der Waals surface area contributed by atoms with Gasteiger partial charge in [-0.3, -0.25) is 9.78 Å². The standard InChI is InChI=1S/C20H20ClN3O3/c1-2-7-27-15-8-14(11-22-12-15)24-18(25)20(23-19(24)26)9-13(10-20)16-5-3-4-6-17(16)21/h3-6,8,11-13H,2,7,9-10H2,1H3,(H,23,26). The molecular formula is C20H20ClN3O3. The fourth-order valence-corrected chi connectivity index (χ4v) is 4.06. The van der Waals surface area contributed by atoms with E-state index < -0.39 is 11.6 Å². The van der Waals surface area contributed by atoms with E-state index in [-0.39, 0.29) is 11.8 Å². The number of nitrogens with zero attached hydrogens (tertiary/aromatic N) is 2. The molecule has 3 amide bonds. The zero-order chi connectivity index (χ0) is 19.0. The molecular weight excluding hydrogens is 366 g/mol. The molecule has 140 valence electrons. The number of hydrogen-bond donors (Lipinski definition) is 1. The van der Waals surface area contributed by atoms with Crippen molar-refractivity contribution in [1.29, 1.82) is 0 Å². The lowest BCUT2D eigenvalue weighted by atomic mass is 9.65. The van der Waals surface area contributed by atoms with E-state index in [0.29, 0.717) is 35.9 Å². The summed E-state index contributed by atoms with van der Waals surface area (Å²) in [4.78, 5) is 30.8. The summed E-state index contributed by atoms with van der Waals surface area (Å²) in [7, 11) is 0. The molecule has 2 aliphatic rings. The van der Waals surface area contributed by atoms with Gasteiger partial charge in [-0.15, -0.1) is 0 Å². The molecule has 1 saturated carbocycles. The second-order valence-corrected chi connectivity index (χ2v) is 7.41. The third kappa shape index (κ3) is 3.04. The highest BCUT2D eigenvalue weighted by Crippen LogP contribution is 2.49. The first-order chi connectivity index (χ1) is 13.0. The Morgan fingerprint density at radius 3 is 2.81 bits per heavy atom. The van der Waals surface area contributed by atoms with E-state index in [1.54, 1.807) is 12.3 Å². The Morgan fingerprint density at radius 2 is 2.07 bits per heavy atom. The van der Waals surface area contributed by atoms with Crippen molar-refractivity contribution in [2.45, 2.75) is 37.6 Å². The number of amides is 3. The first-order valence-corrected chi connectivity index (χ1v) is 9.41. The van der Waals surface area contributed by atoms with Crippen LogP contribution in [-0.2, 0) is 4.79 Å². The number of carbonyl (C=O) groups excluding carboxylic acids is 2. The quantitative estimate of drug-likeness (QED) is 0.792. The summed E-state index contributed by atoms with van der Waals surface area (Å²) in [5.41, 5.74) is 0.576. The van der Waals surface area contributed by atoms with Gasteiger partial charge in [0.1, 0.15) is 11.3 Å². The minimum absolute atomic E-state index is 0.153. The number of halogens is 1. The lowest BCUT2D eigenvalue weighted by molar-refractivity contribution is -0.125. The SMILES string of the molecule is CCCOc1cncc(N2C(=O)NC3(CC(c4ccccc4Cl)C3)C2=O)c1. The molecule has 1 saturated heterocycles. The van der Waals surface area contributed by atoms with Crippen LogP contribution in [0.4, 0.5) is 10.5 Å². The Kier molecular flexibility index (Phi) is 4.52. The molecule has 2 fully saturated rings. The third-order valence-electron chi connectivity index (χ3n) is 5.13. The minimum Gasteiger partial charge on any atom is -0.492 e. The maximum Gasteiger partial charge on any atom is 0.329 e. The highest BCUT2D eigenvalue weighted by atomic mass is 35.5. The number of urea groups is 1. The molecule has 1 aromatic carbocycles. The van der Waals surface area contributed by atoms with E-state index in [2.05, 4.69) is 10.3 Å². The number of imide groups is 1. The molecule has 2 aromatic rings. The number of aromatic nitrogens is 1. The predicted octanol–water partition coefficient (Wildman–Crippen LogP) is 3.90. The molecule has 6 nitrogen and oxygen atoms in total. The fourth-order valence-electron chi connectivity index (χ4n) is 3.77. The van der Waals surface area contributed by atoms with Gasteiger partial charge in [-0.2, -0.15) is 0 Å². The molecule has 2 heterocycles. The first-order valence-electron chi connectivity index (χ1n) is 9.03. The molecule has 1 N–H and O–H groups in total. The summed E-state index contributed by atoms with van der Waals surface area (Å²) in [5.74, 6) is 0.448. The molecule has 1 spiro atoms. The van der Waals surface area contributed by atoms with E-state index in [0.717, 1.165) is 16.9 Å². The predicted molar refractivity (Wildman–Crippen MR) is 102 cm³/mol. The number of carbonyl (C=O) groups is 2. The summed E-state index contributed by atoms with van der Waals surface area (Å²) < 4.78 is 5.56. The summed E-state index contributed by atoms with van der Waals surface area (Å²) in [5, 5.41) is 3.56. The van der Waals surface area contributed by atoms with E-state index in [1.807, 2.05) is 31.2 Å². The van der Waals surface area contributed by atoms with Gasteiger partial charge >= 0.3 is 6.03 Å². The van der Waals surface area contributed by atoms with Crippen molar-refractivity contribution in [2.24, 2.45) is 0 Å². The average Bonchev–Trinajstić information content (AvgIpc) is 2.90. The maximum absolute atomic E-state index is 13.0. The topological polar surface area (TPSA) is 71.5 Å². The Bertz CT molecular complexity index is 896. The lowest BCUT2D eigenvalue weighted by Gasteiger charge is -2.43. The number of benzene rings is 1. The molecule has 4 rings (SSSR count). The molecule has 1 aliphatic carbocycles. The van der Waals surface area contributed by atoms with Crippen LogP contribution in [0.3, 0.4) is 0 Å². The number of nitrogens with one attached hydrogen (secondary N) is 1. The van der Waals surface area contributed by atoms with Crippen molar-refractivity contribution in [1.82, 2.24) is 10.3 Å². The highest BCUT2D eigenvalue weighted by Gasteiger charge is 2.59. The van der Waals surface area contributed by atoms with Gasteiger partial charge < -0.3 is 10.1 Å². The number of pyridine rings is 1. The van der Waals surface area contributed by atoms with Crippen molar-refractivity contribution < 1.29 is 14.3 Å². The van der Waals surface area contributed by atoms with Crippen molar-refractivity contribution in [2.75, 3.05) is 11.5 Å². The van der Waals surface area contributed by atoms with Gasteiger partial charge in [0, 0.05) is 11.1 Å². The maximum atomic E-state index is 13.0. The van der Waals surface area contributed by atoms with Gasteiger partial charge in [0.25, 0.3) is 5.91 Å². The molecule has 7 heteroatoms. The Hall–Kier alpha value is -2.60. The Balaban J connectivity index is 1.53. The second-order valence-electron chi connectivity index (χ2n) is 7.01. The molecule has 0 atom stereocenters. The summed E-state index contributed by atoms with van der Waals surface area (Å²) in [6.45, 7) is 2.55. The van der Waals surface area contributed by atoms with Crippen LogP contribution in [0.5, 0.6) is 5.75 Å². The van der Waals surface area contributed by atoms with Gasteiger partial charge in [0.2, 0.25) is 0 Å². The van der Waals surface area contributed by atoms with Crippen LogP contribution in [0.2, 0.25) is 5.02 Å². The third-order valence-corrected chi connectivity index (χ3v) is 5.47. The number of ether oxygens (including phenoxy) is 1. The smallest absolute Gasteiger partial charge is 0.329 e. The Labute approximate surface area is 162 Å². The van der Waals surface area contributed by atoms with Gasteiger partial charge in [0.15, 0.2) is 0 Å². The van der Waals surface area contributed by atoms with Crippen LogP contribution >= 0.6 is 11.6 Å². The zero-order valence-electron chi connectivity index (χ0n) is 14.9. The molecule has 1 aliphatic heterocycles. The van der Waals surface area contributed by atoms with Crippen LogP contribution in [0.1, 0.15) is 37.7 Å². The Morgan fingerprint density at radius 1 is 1.30 bits per heavy atom. The van der Waals surface area contributed by atoms with E-state index in [4.69, 9.17) is 16.3 Å². The van der Waals surface area contributed by atoms with Crippen molar-refractivity contribution in [3.8, 4) is 5.75 Å². The van der Waals surface area contributed by atoms with E-state index in [1.165, 1.54) is 6.20 Å². The lowest BCUT2D eigenvalue weighted by Crippen LogP contribution is -2.56. The van der Waals surface area contributed by atoms with Crippen molar-refractivity contribution in [3.63, 3.8) is 0 Å². The molecule has 0 bridgehead atoms. The normalized spacial score (nSPS) is 24.1. The van der Waals surface area contributed by atoms with Crippen molar-refractivity contribution >= 4 is 29.2 Å². The molecule has 1 aromatic heterocycles. The summed E-state index contributed by atoms with van der Waals surface area (Å²) in [6.07, 6.45) is 5.01. The molecule has 0 radical (unpaired) electrons. The van der Waals surface area contributed by atoms with Gasteiger partial charge in [-0.05, 0) is 36.8 Å². The monoisotopic (exact) mass is 385 g/mol. The van der Waals surface area contributed by atoms with Crippen molar-refractivity contribution in [3.05, 3.63) is 53.3 Å². The van der Waals surface area contributed by atoms with Crippen LogP contribution < -0.4 is 15.0 Å². The molecule has 0 unspecified atom stereocenters. The number of anilines is 1. The second kappa shape index (κ2) is 6.85. The molecule has 27 heavy (non-hydrogen) atoms. The van der Waals surface area contributed by atoms with Gasteiger partial charge in [0.05, 0.1) is 24.7 Å². The first kappa shape index (κ1) is 17.8. The number of rotatable bonds is 5. The van der Waals surface area contributed by atoms with Crippen LogP contribution in [0.25, 0.3) is 0 Å². The van der Waals surface area contributed by atoms with Gasteiger partial charge in [-0.1, -0.05) is 36.7 Å². The fraction of sp³-hybridized carbons (Fsp3) is 0.350.